The fourth-order valence-electron chi connectivity index (χ4n) is 3.85. The minimum Gasteiger partial charge on any atom is -0.364 e. The summed E-state index contributed by atoms with van der Waals surface area (Å²) in [6.45, 7) is 0.425. The predicted molar refractivity (Wildman–Crippen MR) is 117 cm³/mol. The average Bonchev–Trinajstić information content (AvgIpc) is 3.33. The molecule has 0 saturated carbocycles. The van der Waals surface area contributed by atoms with Gasteiger partial charge in [0.25, 0.3) is 0 Å². The highest BCUT2D eigenvalue weighted by atomic mass is 32.2. The zero-order valence-corrected chi connectivity index (χ0v) is 17.2. The first-order valence-corrected chi connectivity index (χ1v) is 10.9. The van der Waals surface area contributed by atoms with E-state index in [0.29, 0.717) is 6.73 Å². The van der Waals surface area contributed by atoms with E-state index in [2.05, 4.69) is 79.5 Å². The number of thioether (sulfide) groups is 1. The average molecular weight is 420 g/mol. The summed E-state index contributed by atoms with van der Waals surface area (Å²) < 4.78 is 5.48. The molecule has 0 bridgehead atoms. The monoisotopic (exact) mass is 419 g/mol. The molecule has 0 spiro atoms. The van der Waals surface area contributed by atoms with E-state index in [1.807, 2.05) is 11.8 Å². The molecular weight excluding hydrogens is 402 g/mol. The Morgan fingerprint density at radius 2 is 1.83 bits per heavy atom. The first kappa shape index (κ1) is 17.2. The van der Waals surface area contributed by atoms with Crippen LogP contribution in [0.4, 0.5) is 22.9 Å². The van der Waals surface area contributed by atoms with Crippen LogP contribution in [0.15, 0.2) is 82.1 Å². The number of aromatic nitrogens is 2. The molecule has 1 aromatic heterocycles. The van der Waals surface area contributed by atoms with Crippen LogP contribution in [0.25, 0.3) is 0 Å². The summed E-state index contributed by atoms with van der Waals surface area (Å²) in [4.78, 5) is 18.2. The van der Waals surface area contributed by atoms with Gasteiger partial charge in [-0.05, 0) is 30.3 Å². The maximum Gasteiger partial charge on any atom is 0.168 e. The van der Waals surface area contributed by atoms with Crippen molar-refractivity contribution in [2.75, 3.05) is 28.5 Å². The highest BCUT2D eigenvalue weighted by Crippen LogP contribution is 2.51. The summed E-state index contributed by atoms with van der Waals surface area (Å²) in [7, 11) is 1.70. The van der Waals surface area contributed by atoms with E-state index in [1.54, 1.807) is 31.3 Å². The lowest BCUT2D eigenvalue weighted by Gasteiger charge is -2.32. The van der Waals surface area contributed by atoms with Crippen LogP contribution >= 0.6 is 23.5 Å². The van der Waals surface area contributed by atoms with Crippen molar-refractivity contribution in [2.45, 2.75) is 20.3 Å². The maximum absolute atomic E-state index is 5.48. The number of para-hydroxylation sites is 1. The van der Waals surface area contributed by atoms with Gasteiger partial charge < -0.3 is 14.5 Å². The Hall–Kier alpha value is -2.68. The van der Waals surface area contributed by atoms with E-state index in [9.17, 15) is 0 Å². The Morgan fingerprint density at radius 1 is 0.966 bits per heavy atom. The molecule has 6 rings (SSSR count). The third kappa shape index (κ3) is 2.63. The third-order valence-corrected chi connectivity index (χ3v) is 7.45. The van der Waals surface area contributed by atoms with Crippen LogP contribution in [0, 0.1) is 0 Å². The summed E-state index contributed by atoms with van der Waals surface area (Å²) in [6.07, 6.45) is 7.77. The van der Waals surface area contributed by atoms with Gasteiger partial charge in [0.05, 0.1) is 11.4 Å². The smallest absolute Gasteiger partial charge is 0.168 e. The van der Waals surface area contributed by atoms with Gasteiger partial charge in [-0.1, -0.05) is 35.7 Å². The molecule has 8 heteroatoms. The molecule has 6 nitrogen and oxygen atoms in total. The number of hydrogen-bond acceptors (Lipinski definition) is 8. The van der Waals surface area contributed by atoms with Crippen LogP contribution in [0.2, 0.25) is 0 Å². The zero-order valence-electron chi connectivity index (χ0n) is 15.6. The highest BCUT2D eigenvalue weighted by molar-refractivity contribution is 8.00. The molecule has 0 fully saturated rings. The van der Waals surface area contributed by atoms with Crippen molar-refractivity contribution < 1.29 is 4.74 Å². The largest absolute Gasteiger partial charge is 0.364 e. The maximum atomic E-state index is 5.48. The third-order valence-electron chi connectivity index (χ3n) is 5.14. The molecule has 29 heavy (non-hydrogen) atoms. The van der Waals surface area contributed by atoms with E-state index < -0.39 is 0 Å². The standard InChI is InChI=1S/C21H17N5OS2/c1-27-13-26-16-12-14(6-7-18(16)28-20-19(26)22-8-9-23-20)24-10-11-25-15-4-2-3-5-17(15)29-21(24)25/h2-12,21H,13H2,1H3. The topological polar surface area (TPSA) is 44.7 Å². The molecule has 2 aromatic carbocycles. The minimum atomic E-state index is 0.199. The molecule has 3 aliphatic heterocycles. The van der Waals surface area contributed by atoms with Crippen LogP contribution in [-0.2, 0) is 4.74 Å². The number of ether oxygens (including phenoxy) is 1. The minimum absolute atomic E-state index is 0.199. The molecule has 1 unspecified atom stereocenters. The molecule has 1 atom stereocenters. The predicted octanol–water partition coefficient (Wildman–Crippen LogP) is 4.87. The first-order chi connectivity index (χ1) is 14.3. The first-order valence-electron chi connectivity index (χ1n) is 9.23. The van der Waals surface area contributed by atoms with Gasteiger partial charge in [0.2, 0.25) is 0 Å². The van der Waals surface area contributed by atoms with Gasteiger partial charge in [-0.3, -0.25) is 4.90 Å². The lowest BCUT2D eigenvalue weighted by molar-refractivity contribution is 0.205. The molecule has 0 amide bonds. The van der Waals surface area contributed by atoms with Crippen molar-refractivity contribution >= 4 is 46.4 Å². The Bertz CT molecular complexity index is 1140. The number of methoxy groups -OCH3 is 1. The molecular formula is C21H17N5OS2. The molecule has 144 valence electrons. The van der Waals surface area contributed by atoms with E-state index in [4.69, 9.17) is 4.74 Å². The lowest BCUT2D eigenvalue weighted by Crippen LogP contribution is -2.33. The molecule has 3 aromatic rings. The molecule has 0 radical (unpaired) electrons. The second kappa shape index (κ2) is 6.69. The highest BCUT2D eigenvalue weighted by Gasteiger charge is 2.37. The van der Waals surface area contributed by atoms with Crippen molar-refractivity contribution in [3.63, 3.8) is 0 Å². The summed E-state index contributed by atoms with van der Waals surface area (Å²) in [5, 5.41) is 0.902. The quantitative estimate of drug-likeness (QED) is 0.596. The van der Waals surface area contributed by atoms with Gasteiger partial charge >= 0.3 is 0 Å². The van der Waals surface area contributed by atoms with E-state index in [0.717, 1.165) is 27.1 Å². The van der Waals surface area contributed by atoms with Gasteiger partial charge in [-0.2, -0.15) is 0 Å². The summed E-state index contributed by atoms with van der Waals surface area (Å²) in [5.41, 5.74) is 3.70. The van der Waals surface area contributed by atoms with Gasteiger partial charge in [0, 0.05) is 47.4 Å². The second-order valence-corrected chi connectivity index (χ2v) is 8.94. The fraction of sp³-hybridized carbons (Fsp3) is 0.143. The van der Waals surface area contributed by atoms with Crippen molar-refractivity contribution in [3.8, 4) is 0 Å². The van der Waals surface area contributed by atoms with Crippen LogP contribution in [0.5, 0.6) is 0 Å². The SMILES string of the molecule is COCN1c2cc(N3C=CN4c5ccccc5SC34)ccc2Sc2nccnc21. The molecule has 0 N–H and O–H groups in total. The number of anilines is 4. The van der Waals surface area contributed by atoms with Crippen molar-refractivity contribution in [1.82, 2.24) is 9.97 Å². The Kier molecular flexibility index (Phi) is 3.97. The van der Waals surface area contributed by atoms with Crippen molar-refractivity contribution in [1.29, 1.82) is 0 Å². The summed E-state index contributed by atoms with van der Waals surface area (Å²) in [5.74, 6) is 0.838. The molecule has 0 aliphatic carbocycles. The Morgan fingerprint density at radius 3 is 2.76 bits per heavy atom. The van der Waals surface area contributed by atoms with Gasteiger partial charge in [-0.15, -0.1) is 0 Å². The van der Waals surface area contributed by atoms with E-state index in [1.165, 1.54) is 10.6 Å². The van der Waals surface area contributed by atoms with E-state index in [-0.39, 0.29) is 5.50 Å². The molecule has 4 heterocycles. The summed E-state index contributed by atoms with van der Waals surface area (Å²) in [6, 6.07) is 15.1. The van der Waals surface area contributed by atoms with Crippen LogP contribution in [0.1, 0.15) is 0 Å². The van der Waals surface area contributed by atoms with E-state index >= 15 is 0 Å². The van der Waals surface area contributed by atoms with Crippen LogP contribution < -0.4 is 14.7 Å². The second-order valence-electron chi connectivity index (χ2n) is 6.81. The normalized spacial score (nSPS) is 18.5. The number of rotatable bonds is 3. The number of nitrogens with zero attached hydrogens (tertiary/aromatic N) is 5. The fourth-order valence-corrected chi connectivity index (χ4v) is 6.12. The lowest BCUT2D eigenvalue weighted by atomic mass is 10.2. The van der Waals surface area contributed by atoms with Gasteiger partial charge in [-0.25, -0.2) is 9.97 Å². The molecule has 3 aliphatic rings. The van der Waals surface area contributed by atoms with Crippen molar-refractivity contribution in [2.24, 2.45) is 0 Å². The Balaban J connectivity index is 1.38. The van der Waals surface area contributed by atoms with Gasteiger partial charge in [0.15, 0.2) is 11.3 Å². The molecule has 0 saturated heterocycles. The summed E-state index contributed by atoms with van der Waals surface area (Å²) >= 11 is 3.52. The zero-order chi connectivity index (χ0) is 19.4. The Labute approximate surface area is 177 Å². The van der Waals surface area contributed by atoms with Crippen molar-refractivity contribution in [3.05, 3.63) is 67.3 Å². The number of hydrogen-bond donors (Lipinski definition) is 0. The van der Waals surface area contributed by atoms with Crippen LogP contribution in [-0.4, -0.2) is 29.3 Å². The van der Waals surface area contributed by atoms with Crippen LogP contribution in [0.3, 0.4) is 0 Å². The number of fused-ring (bicyclic) bond motifs is 5. The van der Waals surface area contributed by atoms with Gasteiger partial charge in [0.1, 0.15) is 11.8 Å². The number of benzene rings is 2.